The Labute approximate surface area is 99.9 Å². The Balaban J connectivity index is 2.56. The Bertz CT molecular complexity index is 387. The minimum atomic E-state index is -0.261. The minimum absolute atomic E-state index is 0.261. The van der Waals surface area contributed by atoms with E-state index in [1.807, 2.05) is 12.3 Å². The van der Waals surface area contributed by atoms with Crippen molar-refractivity contribution in [3.63, 3.8) is 0 Å². The molecule has 1 aromatic carbocycles. The van der Waals surface area contributed by atoms with Crippen molar-refractivity contribution in [3.05, 3.63) is 35.1 Å². The number of nitrogens with one attached hydrogen (secondary N) is 1. The third-order valence-corrected chi connectivity index (χ3v) is 3.30. The smallest absolute Gasteiger partial charge is 0.127 e. The third kappa shape index (κ3) is 3.84. The molecule has 2 nitrogen and oxygen atoms in total. The summed E-state index contributed by atoms with van der Waals surface area (Å²) in [4.78, 5) is 0. The summed E-state index contributed by atoms with van der Waals surface area (Å²) in [6.07, 6.45) is 2.04. The highest BCUT2D eigenvalue weighted by atomic mass is 32.2. The van der Waals surface area contributed by atoms with E-state index in [1.165, 1.54) is 12.1 Å². The van der Waals surface area contributed by atoms with E-state index in [0.717, 1.165) is 6.54 Å². The summed E-state index contributed by atoms with van der Waals surface area (Å²) in [5.74, 6) is -0.261. The van der Waals surface area contributed by atoms with Gasteiger partial charge in [0.2, 0.25) is 0 Å². The molecule has 0 aliphatic rings. The second kappa shape index (κ2) is 6.51. The van der Waals surface area contributed by atoms with Gasteiger partial charge in [0.05, 0.1) is 11.6 Å². The van der Waals surface area contributed by atoms with Gasteiger partial charge in [-0.1, -0.05) is 6.92 Å². The van der Waals surface area contributed by atoms with E-state index in [9.17, 15) is 4.39 Å². The maximum Gasteiger partial charge on any atom is 0.127 e. The molecule has 86 valence electrons. The molecule has 0 aliphatic carbocycles. The second-order valence-corrected chi connectivity index (χ2v) is 4.87. The molecule has 0 spiro atoms. The SMILES string of the molecule is CSC(C)CNCc1cc(C#N)ccc1F. The Morgan fingerprint density at radius 2 is 2.31 bits per heavy atom. The molecule has 0 saturated heterocycles. The van der Waals surface area contributed by atoms with E-state index in [1.54, 1.807) is 17.8 Å². The second-order valence-electron chi connectivity index (χ2n) is 3.60. The van der Waals surface area contributed by atoms with Crippen molar-refractivity contribution in [2.45, 2.75) is 18.7 Å². The Kier molecular flexibility index (Phi) is 5.30. The van der Waals surface area contributed by atoms with Gasteiger partial charge in [-0.15, -0.1) is 0 Å². The van der Waals surface area contributed by atoms with Gasteiger partial charge >= 0.3 is 0 Å². The highest BCUT2D eigenvalue weighted by Gasteiger charge is 2.04. The molecule has 1 N–H and O–H groups in total. The molecule has 0 radical (unpaired) electrons. The first-order valence-corrected chi connectivity index (χ1v) is 6.38. The van der Waals surface area contributed by atoms with Gasteiger partial charge in [-0.2, -0.15) is 17.0 Å². The Morgan fingerprint density at radius 3 is 2.94 bits per heavy atom. The third-order valence-electron chi connectivity index (χ3n) is 2.32. The molecule has 1 rings (SSSR count). The number of benzene rings is 1. The molecule has 0 saturated carbocycles. The topological polar surface area (TPSA) is 35.8 Å². The number of halogens is 1. The first-order valence-electron chi connectivity index (χ1n) is 5.09. The average molecular weight is 238 g/mol. The van der Waals surface area contributed by atoms with Crippen LogP contribution in [0.25, 0.3) is 0 Å². The first-order chi connectivity index (χ1) is 7.67. The van der Waals surface area contributed by atoms with Crippen LogP contribution in [-0.2, 0) is 6.54 Å². The van der Waals surface area contributed by atoms with Crippen LogP contribution >= 0.6 is 11.8 Å². The molecule has 4 heteroatoms. The van der Waals surface area contributed by atoms with Gasteiger partial charge in [0.1, 0.15) is 5.82 Å². The molecule has 0 heterocycles. The van der Waals surface area contributed by atoms with Crippen LogP contribution in [0.1, 0.15) is 18.1 Å². The van der Waals surface area contributed by atoms with Gasteiger partial charge in [0, 0.05) is 23.9 Å². The van der Waals surface area contributed by atoms with Crippen LogP contribution in [0.5, 0.6) is 0 Å². The lowest BCUT2D eigenvalue weighted by atomic mass is 10.1. The number of rotatable bonds is 5. The number of nitrogens with zero attached hydrogens (tertiary/aromatic N) is 1. The molecule has 0 bridgehead atoms. The fourth-order valence-electron chi connectivity index (χ4n) is 1.27. The zero-order valence-corrected chi connectivity index (χ0v) is 10.3. The van der Waals surface area contributed by atoms with E-state index in [4.69, 9.17) is 5.26 Å². The molecule has 1 atom stereocenters. The fraction of sp³-hybridized carbons (Fsp3) is 0.417. The lowest BCUT2D eigenvalue weighted by Crippen LogP contribution is -2.22. The molecule has 1 unspecified atom stereocenters. The van der Waals surface area contributed by atoms with E-state index in [0.29, 0.717) is 22.9 Å². The molecule has 1 aromatic rings. The Morgan fingerprint density at radius 1 is 1.56 bits per heavy atom. The lowest BCUT2D eigenvalue weighted by molar-refractivity contribution is 0.588. The highest BCUT2D eigenvalue weighted by Crippen LogP contribution is 2.10. The van der Waals surface area contributed by atoms with Crippen LogP contribution in [-0.4, -0.2) is 18.1 Å². The quantitative estimate of drug-likeness (QED) is 0.856. The van der Waals surface area contributed by atoms with Crippen molar-refractivity contribution < 1.29 is 4.39 Å². The van der Waals surface area contributed by atoms with Crippen molar-refractivity contribution in [1.82, 2.24) is 5.32 Å². The summed E-state index contributed by atoms with van der Waals surface area (Å²) in [6.45, 7) is 3.41. The molecule has 0 fully saturated rings. The molecular formula is C12H15FN2S. The van der Waals surface area contributed by atoms with Crippen LogP contribution in [0, 0.1) is 17.1 Å². The monoisotopic (exact) mass is 238 g/mol. The van der Waals surface area contributed by atoms with Gasteiger partial charge in [-0.3, -0.25) is 0 Å². The standard InChI is InChI=1S/C12H15FN2S/c1-9(16-2)7-15-8-11-5-10(6-14)3-4-12(11)13/h3-5,9,15H,7-8H2,1-2H3. The zero-order chi connectivity index (χ0) is 12.0. The number of thioether (sulfide) groups is 1. The average Bonchev–Trinajstić information content (AvgIpc) is 2.31. The number of hydrogen-bond acceptors (Lipinski definition) is 3. The van der Waals surface area contributed by atoms with Crippen molar-refractivity contribution in [3.8, 4) is 6.07 Å². The van der Waals surface area contributed by atoms with Crippen molar-refractivity contribution >= 4 is 11.8 Å². The van der Waals surface area contributed by atoms with Crippen LogP contribution in [0.15, 0.2) is 18.2 Å². The van der Waals surface area contributed by atoms with Crippen molar-refractivity contribution in [2.24, 2.45) is 0 Å². The van der Waals surface area contributed by atoms with Crippen LogP contribution in [0.2, 0.25) is 0 Å². The van der Waals surface area contributed by atoms with Crippen LogP contribution < -0.4 is 5.32 Å². The summed E-state index contributed by atoms with van der Waals surface area (Å²) in [5, 5.41) is 12.4. The Hall–Kier alpha value is -1.05. The molecule has 0 aliphatic heterocycles. The predicted molar refractivity (Wildman–Crippen MR) is 65.8 cm³/mol. The molecule has 0 aromatic heterocycles. The molecule has 16 heavy (non-hydrogen) atoms. The summed E-state index contributed by atoms with van der Waals surface area (Å²) >= 11 is 1.76. The molecular weight excluding hydrogens is 223 g/mol. The van der Waals surface area contributed by atoms with Gasteiger partial charge in [-0.25, -0.2) is 4.39 Å². The lowest BCUT2D eigenvalue weighted by Gasteiger charge is -2.10. The number of nitriles is 1. The molecule has 0 amide bonds. The van der Waals surface area contributed by atoms with Gasteiger partial charge in [0.25, 0.3) is 0 Å². The summed E-state index contributed by atoms with van der Waals surface area (Å²) < 4.78 is 13.4. The summed E-state index contributed by atoms with van der Waals surface area (Å²) in [7, 11) is 0. The summed E-state index contributed by atoms with van der Waals surface area (Å²) in [5.41, 5.74) is 1.04. The van der Waals surface area contributed by atoms with Crippen LogP contribution in [0.4, 0.5) is 4.39 Å². The highest BCUT2D eigenvalue weighted by molar-refractivity contribution is 7.99. The van der Waals surface area contributed by atoms with E-state index in [-0.39, 0.29) is 5.82 Å². The summed E-state index contributed by atoms with van der Waals surface area (Å²) in [6, 6.07) is 6.43. The van der Waals surface area contributed by atoms with Gasteiger partial charge in [-0.05, 0) is 24.5 Å². The minimum Gasteiger partial charge on any atom is -0.311 e. The fourth-order valence-corrected chi connectivity index (χ4v) is 1.56. The van der Waals surface area contributed by atoms with E-state index in [2.05, 4.69) is 12.2 Å². The normalized spacial score (nSPS) is 12.1. The van der Waals surface area contributed by atoms with Gasteiger partial charge in [0.15, 0.2) is 0 Å². The van der Waals surface area contributed by atoms with Gasteiger partial charge < -0.3 is 5.32 Å². The van der Waals surface area contributed by atoms with E-state index >= 15 is 0 Å². The maximum absolute atomic E-state index is 13.4. The zero-order valence-electron chi connectivity index (χ0n) is 9.46. The van der Waals surface area contributed by atoms with Crippen LogP contribution in [0.3, 0.4) is 0 Å². The van der Waals surface area contributed by atoms with E-state index < -0.39 is 0 Å². The predicted octanol–water partition coefficient (Wildman–Crippen LogP) is 2.54. The number of hydrogen-bond donors (Lipinski definition) is 1. The van der Waals surface area contributed by atoms with Crippen molar-refractivity contribution in [2.75, 3.05) is 12.8 Å². The largest absolute Gasteiger partial charge is 0.311 e. The first kappa shape index (κ1) is 13.0. The van der Waals surface area contributed by atoms with Crippen molar-refractivity contribution in [1.29, 1.82) is 5.26 Å². The maximum atomic E-state index is 13.4.